The van der Waals surface area contributed by atoms with Crippen LogP contribution in [0.2, 0.25) is 0 Å². The molecule has 0 heterocycles. The molecule has 0 aromatic heterocycles. The van der Waals surface area contributed by atoms with Gasteiger partial charge < -0.3 is 5.11 Å². The summed E-state index contributed by atoms with van der Waals surface area (Å²) in [7, 11) is 1.65. The molecule has 4 heteroatoms. The molecule has 0 radical (unpaired) electrons. The van der Waals surface area contributed by atoms with Gasteiger partial charge in [-0.1, -0.05) is 13.3 Å². The SMILES string of the molecule is CCCCC(=O)O.CNN. The largest absolute Gasteiger partial charge is 0.481 e. The van der Waals surface area contributed by atoms with E-state index < -0.39 is 5.97 Å². The van der Waals surface area contributed by atoms with Gasteiger partial charge in [-0.25, -0.2) is 0 Å². The van der Waals surface area contributed by atoms with Gasteiger partial charge in [0.05, 0.1) is 0 Å². The van der Waals surface area contributed by atoms with Crippen LogP contribution in [0.4, 0.5) is 0 Å². The molecule has 10 heavy (non-hydrogen) atoms. The molecule has 4 N–H and O–H groups in total. The van der Waals surface area contributed by atoms with Crippen LogP contribution >= 0.6 is 0 Å². The molecular formula is C6H16N2O2. The fraction of sp³-hybridized carbons (Fsp3) is 0.833. The smallest absolute Gasteiger partial charge is 0.303 e. The third-order valence-corrected chi connectivity index (χ3v) is 0.744. The van der Waals surface area contributed by atoms with Crippen molar-refractivity contribution in [3.63, 3.8) is 0 Å². The first-order chi connectivity index (χ1) is 4.68. The van der Waals surface area contributed by atoms with Gasteiger partial charge in [-0.15, -0.1) is 0 Å². The minimum absolute atomic E-state index is 0.316. The quantitative estimate of drug-likeness (QED) is 0.398. The number of unbranched alkanes of at least 4 members (excludes halogenated alkanes) is 1. The molecule has 0 saturated heterocycles. The lowest BCUT2D eigenvalue weighted by Crippen LogP contribution is -2.13. The molecule has 0 unspecified atom stereocenters. The Hall–Kier alpha value is -0.610. The molecule has 0 bridgehead atoms. The van der Waals surface area contributed by atoms with Crippen molar-refractivity contribution in [2.45, 2.75) is 26.2 Å². The Morgan fingerprint density at radius 3 is 2.20 bits per heavy atom. The van der Waals surface area contributed by atoms with Crippen LogP contribution in [0.5, 0.6) is 0 Å². The predicted octanol–water partition coefficient (Wildman–Crippen LogP) is 0.341. The van der Waals surface area contributed by atoms with Gasteiger partial charge in [-0.05, 0) is 13.5 Å². The van der Waals surface area contributed by atoms with Gasteiger partial charge in [-0.3, -0.25) is 16.1 Å². The van der Waals surface area contributed by atoms with Crippen LogP contribution in [0.25, 0.3) is 0 Å². The highest BCUT2D eigenvalue weighted by molar-refractivity contribution is 5.66. The van der Waals surface area contributed by atoms with Gasteiger partial charge in [0.1, 0.15) is 0 Å². The molecule has 0 aliphatic heterocycles. The predicted molar refractivity (Wildman–Crippen MR) is 40.4 cm³/mol. The third-order valence-electron chi connectivity index (χ3n) is 0.744. The molecule has 0 aliphatic carbocycles. The van der Waals surface area contributed by atoms with Crippen LogP contribution in [-0.4, -0.2) is 18.1 Å². The van der Waals surface area contributed by atoms with E-state index in [1.165, 1.54) is 0 Å². The lowest BCUT2D eigenvalue weighted by molar-refractivity contribution is -0.137. The minimum Gasteiger partial charge on any atom is -0.481 e. The maximum atomic E-state index is 9.76. The van der Waals surface area contributed by atoms with E-state index in [2.05, 4.69) is 11.3 Å². The Labute approximate surface area is 61.4 Å². The first-order valence-corrected chi connectivity index (χ1v) is 3.28. The highest BCUT2D eigenvalue weighted by Crippen LogP contribution is 1.91. The Bertz CT molecular complexity index is 76.1. The number of aliphatic carboxylic acids is 1. The molecule has 0 saturated carbocycles. The zero-order valence-electron chi connectivity index (χ0n) is 6.55. The number of nitrogens with two attached hydrogens (primary N) is 1. The zero-order valence-corrected chi connectivity index (χ0v) is 6.55. The average molecular weight is 148 g/mol. The summed E-state index contributed by atoms with van der Waals surface area (Å²) in [6.45, 7) is 1.98. The van der Waals surface area contributed by atoms with Crippen molar-refractivity contribution < 1.29 is 9.90 Å². The van der Waals surface area contributed by atoms with E-state index in [9.17, 15) is 4.79 Å². The first kappa shape index (κ1) is 12.1. The molecule has 0 aromatic carbocycles. The van der Waals surface area contributed by atoms with Crippen molar-refractivity contribution in [1.29, 1.82) is 0 Å². The monoisotopic (exact) mass is 148 g/mol. The van der Waals surface area contributed by atoms with Gasteiger partial charge >= 0.3 is 5.97 Å². The summed E-state index contributed by atoms with van der Waals surface area (Å²) in [6.07, 6.45) is 2.08. The van der Waals surface area contributed by atoms with Gasteiger partial charge in [0.2, 0.25) is 0 Å². The maximum Gasteiger partial charge on any atom is 0.303 e. The van der Waals surface area contributed by atoms with Crippen molar-refractivity contribution in [2.75, 3.05) is 7.05 Å². The number of rotatable bonds is 3. The van der Waals surface area contributed by atoms with E-state index in [1.807, 2.05) is 6.92 Å². The normalized spacial score (nSPS) is 7.90. The lowest BCUT2D eigenvalue weighted by atomic mass is 10.3. The molecule has 0 aromatic rings. The van der Waals surface area contributed by atoms with Crippen molar-refractivity contribution in [3.05, 3.63) is 0 Å². The number of carboxylic acid groups (broad SMARTS) is 1. The molecule has 0 amide bonds. The molecule has 0 fully saturated rings. The Morgan fingerprint density at radius 1 is 1.70 bits per heavy atom. The highest BCUT2D eigenvalue weighted by Gasteiger charge is 1.90. The van der Waals surface area contributed by atoms with Crippen LogP contribution in [0.3, 0.4) is 0 Å². The number of carbonyl (C=O) groups is 1. The number of nitrogens with one attached hydrogen (secondary N) is 1. The van der Waals surface area contributed by atoms with Crippen molar-refractivity contribution in [2.24, 2.45) is 5.84 Å². The highest BCUT2D eigenvalue weighted by atomic mass is 16.4. The van der Waals surface area contributed by atoms with E-state index >= 15 is 0 Å². The van der Waals surface area contributed by atoms with Crippen LogP contribution in [0.15, 0.2) is 0 Å². The second kappa shape index (κ2) is 11.2. The lowest BCUT2D eigenvalue weighted by Gasteiger charge is -1.85. The Morgan fingerprint density at radius 2 is 2.10 bits per heavy atom. The average Bonchev–Trinajstić information content (AvgIpc) is 1.85. The second-order valence-electron chi connectivity index (χ2n) is 1.79. The van der Waals surface area contributed by atoms with Crippen molar-refractivity contribution >= 4 is 5.97 Å². The fourth-order valence-electron chi connectivity index (χ4n) is 0.328. The van der Waals surface area contributed by atoms with Crippen LogP contribution in [-0.2, 0) is 4.79 Å². The van der Waals surface area contributed by atoms with E-state index in [1.54, 1.807) is 7.05 Å². The van der Waals surface area contributed by atoms with E-state index in [0.717, 1.165) is 12.8 Å². The molecule has 0 atom stereocenters. The van der Waals surface area contributed by atoms with Gasteiger partial charge in [0, 0.05) is 6.42 Å². The summed E-state index contributed by atoms with van der Waals surface area (Å²) in [5.74, 6) is 3.90. The topological polar surface area (TPSA) is 75.3 Å². The van der Waals surface area contributed by atoms with Crippen molar-refractivity contribution in [3.8, 4) is 0 Å². The van der Waals surface area contributed by atoms with E-state index in [4.69, 9.17) is 5.11 Å². The van der Waals surface area contributed by atoms with Gasteiger partial charge in [0.25, 0.3) is 0 Å². The molecule has 4 nitrogen and oxygen atoms in total. The Balaban J connectivity index is 0. The maximum absolute atomic E-state index is 9.76. The summed E-state index contributed by atoms with van der Waals surface area (Å²) in [6, 6.07) is 0. The van der Waals surface area contributed by atoms with Crippen molar-refractivity contribution in [1.82, 2.24) is 5.43 Å². The summed E-state index contributed by atoms with van der Waals surface area (Å²) in [4.78, 5) is 9.76. The molecule has 0 rings (SSSR count). The summed E-state index contributed by atoms with van der Waals surface area (Å²) in [5, 5.41) is 8.04. The van der Waals surface area contributed by atoms with Gasteiger partial charge in [0.15, 0.2) is 0 Å². The standard InChI is InChI=1S/C5H10O2.CH6N2/c1-2-3-4-5(6)7;1-3-2/h2-4H2,1H3,(H,6,7);3H,2H2,1H3. The first-order valence-electron chi connectivity index (χ1n) is 3.28. The summed E-state index contributed by atoms with van der Waals surface area (Å²) < 4.78 is 0. The molecule has 62 valence electrons. The minimum atomic E-state index is -0.693. The third kappa shape index (κ3) is 26.3. The number of hydrogen-bond acceptors (Lipinski definition) is 3. The van der Waals surface area contributed by atoms with Crippen LogP contribution < -0.4 is 11.3 Å². The zero-order chi connectivity index (χ0) is 8.41. The summed E-state index contributed by atoms with van der Waals surface area (Å²) >= 11 is 0. The number of hydrogen-bond donors (Lipinski definition) is 3. The fourth-order valence-corrected chi connectivity index (χ4v) is 0.328. The number of carboxylic acids is 1. The van der Waals surface area contributed by atoms with Crippen LogP contribution in [0.1, 0.15) is 26.2 Å². The molecular weight excluding hydrogens is 132 g/mol. The molecule has 0 aliphatic rings. The van der Waals surface area contributed by atoms with E-state index in [0.29, 0.717) is 6.42 Å². The Kier molecular flexibility index (Phi) is 13.6. The summed E-state index contributed by atoms with van der Waals surface area (Å²) in [5.41, 5.74) is 2.25. The second-order valence-corrected chi connectivity index (χ2v) is 1.79. The van der Waals surface area contributed by atoms with Crippen LogP contribution in [0, 0.1) is 0 Å². The van der Waals surface area contributed by atoms with Gasteiger partial charge in [-0.2, -0.15) is 0 Å². The van der Waals surface area contributed by atoms with E-state index in [-0.39, 0.29) is 0 Å². The number of hydrazine groups is 1. The molecule has 0 spiro atoms.